The van der Waals surface area contributed by atoms with Gasteiger partial charge in [-0.2, -0.15) is 0 Å². The average Bonchev–Trinajstić information content (AvgIpc) is 2.98. The third-order valence-electron chi connectivity index (χ3n) is 5.55. The van der Waals surface area contributed by atoms with Crippen molar-refractivity contribution in [2.24, 2.45) is 5.92 Å². The Morgan fingerprint density at radius 1 is 1.06 bits per heavy atom. The first kappa shape index (κ1) is 22.3. The Bertz CT molecular complexity index is 999. The summed E-state index contributed by atoms with van der Waals surface area (Å²) in [6.45, 7) is 3.02. The first-order valence-corrected chi connectivity index (χ1v) is 10.2. The number of hydrogen-bond donors (Lipinski definition) is 1. The van der Waals surface area contributed by atoms with Gasteiger partial charge < -0.3 is 9.80 Å². The lowest BCUT2D eigenvalue weighted by Crippen LogP contribution is -3.05. The van der Waals surface area contributed by atoms with Crippen LogP contribution in [0.3, 0.4) is 0 Å². The predicted octanol–water partition coefficient (Wildman–Crippen LogP) is 1.39. The number of benzene rings is 2. The van der Waals surface area contributed by atoms with Gasteiger partial charge in [0.05, 0.1) is 31.6 Å². The number of nitro groups is 1. The molecule has 0 aromatic heterocycles. The number of aryl methyl sites for hydroxylation is 1. The average molecular weight is 424 g/mol. The van der Waals surface area contributed by atoms with E-state index in [4.69, 9.17) is 0 Å². The molecule has 0 saturated carbocycles. The summed E-state index contributed by atoms with van der Waals surface area (Å²) in [7, 11) is 3.99. The van der Waals surface area contributed by atoms with Gasteiger partial charge in [-0.3, -0.25) is 24.5 Å². The maximum atomic E-state index is 13.3. The highest BCUT2D eigenvalue weighted by molar-refractivity contribution is 6.44. The number of nitrogens with zero attached hydrogens (tertiary/aromatic N) is 2. The van der Waals surface area contributed by atoms with Crippen LogP contribution in [0.1, 0.15) is 33.9 Å². The van der Waals surface area contributed by atoms with Crippen molar-refractivity contribution in [3.8, 4) is 0 Å². The summed E-state index contributed by atoms with van der Waals surface area (Å²) < 4.78 is 0. The van der Waals surface area contributed by atoms with Crippen LogP contribution in [0.5, 0.6) is 0 Å². The van der Waals surface area contributed by atoms with Crippen LogP contribution in [0.25, 0.3) is 0 Å². The number of quaternary nitrogens is 1. The number of rotatable bonds is 8. The van der Waals surface area contributed by atoms with Gasteiger partial charge >= 0.3 is 0 Å². The zero-order valence-corrected chi connectivity index (χ0v) is 17.8. The standard InChI is InChI=1S/C23H25N3O5/c1-15-5-7-17(8-6-15)21(27)19-20(16-9-11-18(12-10-16)26(30)31)25(23(29)22(19)28)14-4-13-24(2)3/h5-12,19-20H,4,13-14H2,1-3H3/p+1. The van der Waals surface area contributed by atoms with E-state index in [1.54, 1.807) is 24.3 Å². The van der Waals surface area contributed by atoms with Gasteiger partial charge in [0.15, 0.2) is 5.78 Å². The van der Waals surface area contributed by atoms with E-state index in [-0.39, 0.29) is 5.69 Å². The van der Waals surface area contributed by atoms with Crippen LogP contribution in [0, 0.1) is 23.0 Å². The number of nitrogens with one attached hydrogen (secondary N) is 1. The Labute approximate surface area is 180 Å². The molecule has 8 heteroatoms. The Kier molecular flexibility index (Phi) is 6.60. The van der Waals surface area contributed by atoms with Crippen LogP contribution in [0.2, 0.25) is 0 Å². The number of carbonyl (C=O) groups is 3. The van der Waals surface area contributed by atoms with Crippen LogP contribution in [0.4, 0.5) is 5.69 Å². The lowest BCUT2D eigenvalue weighted by Gasteiger charge is -2.27. The Morgan fingerprint density at radius 3 is 2.23 bits per heavy atom. The second kappa shape index (κ2) is 9.18. The summed E-state index contributed by atoms with van der Waals surface area (Å²) in [5.41, 5.74) is 1.78. The maximum Gasteiger partial charge on any atom is 0.291 e. The highest BCUT2D eigenvalue weighted by Gasteiger charge is 2.51. The van der Waals surface area contributed by atoms with Crippen LogP contribution in [-0.4, -0.2) is 54.5 Å². The summed E-state index contributed by atoms with van der Waals surface area (Å²) >= 11 is 0. The maximum absolute atomic E-state index is 13.3. The van der Waals surface area contributed by atoms with Crippen LogP contribution in [0.15, 0.2) is 48.5 Å². The minimum absolute atomic E-state index is 0.0939. The topological polar surface area (TPSA) is 102 Å². The minimum atomic E-state index is -1.18. The second-order valence-corrected chi connectivity index (χ2v) is 8.17. The molecule has 2 aromatic carbocycles. The first-order valence-electron chi connectivity index (χ1n) is 10.2. The van der Waals surface area contributed by atoms with Gasteiger partial charge in [-0.05, 0) is 12.5 Å². The molecule has 0 bridgehead atoms. The molecule has 1 aliphatic rings. The van der Waals surface area contributed by atoms with Crippen LogP contribution >= 0.6 is 0 Å². The first-order chi connectivity index (χ1) is 14.7. The number of hydrogen-bond acceptors (Lipinski definition) is 5. The van der Waals surface area contributed by atoms with Crippen molar-refractivity contribution in [1.82, 2.24) is 4.90 Å². The minimum Gasteiger partial charge on any atom is -0.340 e. The molecule has 162 valence electrons. The van der Waals surface area contributed by atoms with E-state index in [9.17, 15) is 24.5 Å². The third kappa shape index (κ3) is 4.69. The predicted molar refractivity (Wildman–Crippen MR) is 114 cm³/mol. The zero-order valence-electron chi connectivity index (χ0n) is 17.8. The molecule has 0 aliphatic carbocycles. The van der Waals surface area contributed by atoms with Crippen molar-refractivity contribution in [1.29, 1.82) is 0 Å². The highest BCUT2D eigenvalue weighted by Crippen LogP contribution is 2.38. The molecular formula is C23H26N3O5+. The number of non-ortho nitro benzene ring substituents is 1. The summed E-state index contributed by atoms with van der Waals surface area (Å²) in [5.74, 6) is -3.00. The van der Waals surface area contributed by atoms with Crippen molar-refractivity contribution in [3.63, 3.8) is 0 Å². The Hall–Kier alpha value is -3.39. The molecule has 2 aromatic rings. The molecule has 0 radical (unpaired) electrons. The monoisotopic (exact) mass is 424 g/mol. The summed E-state index contributed by atoms with van der Waals surface area (Å²) in [4.78, 5) is 52.2. The number of ketones is 2. The van der Waals surface area contributed by atoms with Crippen molar-refractivity contribution in [2.45, 2.75) is 19.4 Å². The molecule has 3 rings (SSSR count). The van der Waals surface area contributed by atoms with Gasteiger partial charge in [0.1, 0.15) is 5.92 Å². The quantitative estimate of drug-likeness (QED) is 0.227. The summed E-state index contributed by atoms with van der Waals surface area (Å²) in [5, 5.41) is 11.0. The number of amides is 1. The highest BCUT2D eigenvalue weighted by atomic mass is 16.6. The molecular weight excluding hydrogens is 398 g/mol. The molecule has 2 atom stereocenters. The molecule has 31 heavy (non-hydrogen) atoms. The van der Waals surface area contributed by atoms with Gasteiger partial charge in [0.25, 0.3) is 11.6 Å². The van der Waals surface area contributed by atoms with Crippen molar-refractivity contribution in [3.05, 3.63) is 75.3 Å². The van der Waals surface area contributed by atoms with Gasteiger partial charge in [-0.15, -0.1) is 0 Å². The second-order valence-electron chi connectivity index (χ2n) is 8.17. The number of nitro benzene ring substituents is 1. The lowest BCUT2D eigenvalue weighted by molar-refractivity contribution is -0.858. The summed E-state index contributed by atoms with van der Waals surface area (Å²) in [6.07, 6.45) is 0.663. The largest absolute Gasteiger partial charge is 0.340 e. The molecule has 1 amide bonds. The van der Waals surface area contributed by atoms with Gasteiger partial charge in [0, 0.05) is 30.7 Å². The Balaban J connectivity index is 2.00. The molecule has 1 fully saturated rings. The normalized spacial score (nSPS) is 18.6. The fraction of sp³-hybridized carbons (Fsp3) is 0.348. The van der Waals surface area contributed by atoms with E-state index in [0.29, 0.717) is 24.1 Å². The summed E-state index contributed by atoms with van der Waals surface area (Å²) in [6, 6.07) is 11.8. The van der Waals surface area contributed by atoms with E-state index in [1.807, 2.05) is 21.0 Å². The lowest BCUT2D eigenvalue weighted by atomic mass is 9.86. The van der Waals surface area contributed by atoms with Crippen molar-refractivity contribution < 1.29 is 24.2 Å². The number of Topliss-reactive ketones (excluding diaryl/α,β-unsaturated/α-hetero) is 2. The van der Waals surface area contributed by atoms with E-state index >= 15 is 0 Å². The van der Waals surface area contributed by atoms with Gasteiger partial charge in [0.2, 0.25) is 5.78 Å². The van der Waals surface area contributed by atoms with Crippen molar-refractivity contribution >= 4 is 23.2 Å². The van der Waals surface area contributed by atoms with Crippen LogP contribution in [-0.2, 0) is 9.59 Å². The zero-order chi connectivity index (χ0) is 22.7. The third-order valence-corrected chi connectivity index (χ3v) is 5.55. The van der Waals surface area contributed by atoms with Gasteiger partial charge in [-0.1, -0.05) is 42.0 Å². The Morgan fingerprint density at radius 2 is 1.68 bits per heavy atom. The smallest absolute Gasteiger partial charge is 0.291 e. The molecule has 8 nitrogen and oxygen atoms in total. The fourth-order valence-corrected chi connectivity index (χ4v) is 3.89. The number of likely N-dealkylation sites (tertiary alicyclic amines) is 1. The van der Waals surface area contributed by atoms with E-state index in [1.165, 1.54) is 34.1 Å². The molecule has 2 unspecified atom stereocenters. The van der Waals surface area contributed by atoms with E-state index in [2.05, 4.69) is 0 Å². The fourth-order valence-electron chi connectivity index (χ4n) is 3.89. The molecule has 1 aliphatic heterocycles. The van der Waals surface area contributed by atoms with E-state index in [0.717, 1.165) is 12.1 Å². The van der Waals surface area contributed by atoms with Crippen molar-refractivity contribution in [2.75, 3.05) is 27.2 Å². The van der Waals surface area contributed by atoms with Crippen LogP contribution < -0.4 is 4.90 Å². The SMILES string of the molecule is Cc1ccc(C(=O)C2C(=O)C(=O)N(CCC[NH+](C)C)C2c2ccc([N+](=O)[O-])cc2)cc1. The molecule has 0 spiro atoms. The number of carbonyl (C=O) groups excluding carboxylic acids is 3. The molecule has 1 heterocycles. The van der Waals surface area contributed by atoms with Gasteiger partial charge in [-0.25, -0.2) is 0 Å². The molecule has 1 N–H and O–H groups in total. The molecule has 1 saturated heterocycles. The van der Waals surface area contributed by atoms with E-state index < -0.39 is 34.4 Å².